The number of nitrogens with zero attached hydrogens (tertiary/aromatic N) is 1. The van der Waals surface area contributed by atoms with Crippen LogP contribution in [0.4, 0.5) is 0 Å². The predicted molar refractivity (Wildman–Crippen MR) is 80.0 cm³/mol. The average Bonchev–Trinajstić information content (AvgIpc) is 2.49. The summed E-state index contributed by atoms with van der Waals surface area (Å²) < 4.78 is 0. The van der Waals surface area contributed by atoms with Crippen molar-refractivity contribution in [3.63, 3.8) is 0 Å². The first-order valence-electron chi connectivity index (χ1n) is 7.51. The van der Waals surface area contributed by atoms with Crippen LogP contribution in [-0.4, -0.2) is 36.1 Å². The average molecular weight is 273 g/mol. The van der Waals surface area contributed by atoms with E-state index in [1.807, 2.05) is 31.2 Å². The Morgan fingerprint density at radius 1 is 1.25 bits per heavy atom. The lowest BCUT2D eigenvalue weighted by atomic mass is 9.94. The van der Waals surface area contributed by atoms with E-state index in [0.717, 1.165) is 24.9 Å². The maximum atomic E-state index is 12.3. The molecule has 1 aromatic carbocycles. The van der Waals surface area contributed by atoms with E-state index in [0.29, 0.717) is 25.3 Å². The lowest BCUT2D eigenvalue weighted by Crippen LogP contribution is -2.42. The third kappa shape index (κ3) is 3.54. The summed E-state index contributed by atoms with van der Waals surface area (Å²) in [4.78, 5) is 26.1. The zero-order chi connectivity index (χ0) is 14.5. The van der Waals surface area contributed by atoms with Crippen LogP contribution in [0, 0.1) is 5.92 Å². The summed E-state index contributed by atoms with van der Waals surface area (Å²) in [6, 6.07) is 7.85. The minimum Gasteiger partial charge on any atom is -0.299 e. The number of likely N-dealkylation sites (tertiary alicyclic amines) is 1. The van der Waals surface area contributed by atoms with Crippen molar-refractivity contribution in [3.05, 3.63) is 35.4 Å². The van der Waals surface area contributed by atoms with E-state index in [9.17, 15) is 9.59 Å². The van der Waals surface area contributed by atoms with Gasteiger partial charge in [-0.25, -0.2) is 0 Å². The molecule has 1 fully saturated rings. The number of hydrogen-bond donors (Lipinski definition) is 0. The molecular formula is C17H23NO2. The lowest BCUT2D eigenvalue weighted by Gasteiger charge is -2.30. The molecule has 20 heavy (non-hydrogen) atoms. The normalized spacial score (nSPS) is 20.1. The number of Topliss-reactive ketones (excluding diaryl/α,β-unsaturated/α-hetero) is 2. The monoisotopic (exact) mass is 273 g/mol. The summed E-state index contributed by atoms with van der Waals surface area (Å²) in [5.74, 6) is 0.611. The largest absolute Gasteiger partial charge is 0.299 e. The Kier molecular flexibility index (Phi) is 5.07. The van der Waals surface area contributed by atoms with Crippen LogP contribution in [0.5, 0.6) is 0 Å². The second kappa shape index (κ2) is 6.80. The molecule has 1 saturated heterocycles. The van der Waals surface area contributed by atoms with Crippen LogP contribution in [0.15, 0.2) is 24.3 Å². The second-order valence-electron chi connectivity index (χ2n) is 5.53. The molecule has 108 valence electrons. The number of carbonyl (C=O) groups excluding carboxylic acids is 2. The molecule has 0 bridgehead atoms. The Hall–Kier alpha value is -1.48. The molecule has 0 N–H and O–H groups in total. The van der Waals surface area contributed by atoms with Crippen molar-refractivity contribution >= 4 is 11.6 Å². The third-order valence-electron chi connectivity index (χ3n) is 4.15. The molecule has 3 nitrogen and oxygen atoms in total. The van der Waals surface area contributed by atoms with E-state index in [1.54, 1.807) is 0 Å². The van der Waals surface area contributed by atoms with Gasteiger partial charge in [0.25, 0.3) is 0 Å². The number of rotatable bonds is 5. The number of aryl methyl sites for hydroxylation is 1. The first-order chi connectivity index (χ1) is 9.63. The Bertz CT molecular complexity index is 478. The van der Waals surface area contributed by atoms with E-state index in [-0.39, 0.29) is 11.7 Å². The molecule has 0 spiro atoms. The van der Waals surface area contributed by atoms with Gasteiger partial charge in [-0.05, 0) is 18.4 Å². The van der Waals surface area contributed by atoms with Crippen molar-refractivity contribution in [2.75, 3.05) is 19.6 Å². The molecule has 0 aromatic heterocycles. The highest BCUT2D eigenvalue weighted by Crippen LogP contribution is 2.16. The fourth-order valence-electron chi connectivity index (χ4n) is 2.70. The summed E-state index contributed by atoms with van der Waals surface area (Å²) >= 11 is 0. The zero-order valence-corrected chi connectivity index (χ0v) is 12.4. The Labute approximate surface area is 121 Å². The van der Waals surface area contributed by atoms with Crippen molar-refractivity contribution in [1.82, 2.24) is 4.90 Å². The number of carbonyl (C=O) groups is 2. The van der Waals surface area contributed by atoms with Crippen molar-refractivity contribution in [2.24, 2.45) is 5.92 Å². The van der Waals surface area contributed by atoms with Crippen LogP contribution >= 0.6 is 0 Å². The van der Waals surface area contributed by atoms with Gasteiger partial charge >= 0.3 is 0 Å². The summed E-state index contributed by atoms with van der Waals surface area (Å²) in [5, 5.41) is 0. The smallest absolute Gasteiger partial charge is 0.176 e. The maximum Gasteiger partial charge on any atom is 0.176 e. The summed E-state index contributed by atoms with van der Waals surface area (Å²) in [7, 11) is 0. The van der Waals surface area contributed by atoms with E-state index < -0.39 is 0 Å². The highest BCUT2D eigenvalue weighted by molar-refractivity contribution is 5.97. The van der Waals surface area contributed by atoms with Crippen LogP contribution in [0.2, 0.25) is 0 Å². The summed E-state index contributed by atoms with van der Waals surface area (Å²) in [6.07, 6.45) is 2.44. The van der Waals surface area contributed by atoms with Gasteiger partial charge in [0.15, 0.2) is 5.78 Å². The molecular weight excluding hydrogens is 250 g/mol. The molecule has 1 aliphatic rings. The van der Waals surface area contributed by atoms with Gasteiger partial charge in [0.1, 0.15) is 5.78 Å². The van der Waals surface area contributed by atoms with Crippen LogP contribution in [-0.2, 0) is 11.2 Å². The van der Waals surface area contributed by atoms with E-state index in [1.165, 1.54) is 5.56 Å². The van der Waals surface area contributed by atoms with Gasteiger partial charge in [0, 0.05) is 31.0 Å². The van der Waals surface area contributed by atoms with Crippen LogP contribution in [0.1, 0.15) is 42.6 Å². The predicted octanol–water partition coefficient (Wildman–Crippen LogP) is 2.73. The highest BCUT2D eigenvalue weighted by Gasteiger charge is 2.26. The molecule has 1 unspecified atom stereocenters. The van der Waals surface area contributed by atoms with Gasteiger partial charge in [-0.2, -0.15) is 0 Å². The fraction of sp³-hybridized carbons (Fsp3) is 0.529. The third-order valence-corrected chi connectivity index (χ3v) is 4.15. The molecule has 0 aliphatic carbocycles. The second-order valence-corrected chi connectivity index (χ2v) is 5.53. The van der Waals surface area contributed by atoms with Gasteiger partial charge in [-0.1, -0.05) is 38.1 Å². The maximum absolute atomic E-state index is 12.3. The first kappa shape index (κ1) is 14.9. The van der Waals surface area contributed by atoms with E-state index in [4.69, 9.17) is 0 Å². The summed E-state index contributed by atoms with van der Waals surface area (Å²) in [6.45, 7) is 6.02. The van der Waals surface area contributed by atoms with Crippen LogP contribution in [0.25, 0.3) is 0 Å². The van der Waals surface area contributed by atoms with Gasteiger partial charge in [-0.3, -0.25) is 14.5 Å². The number of hydrogen-bond acceptors (Lipinski definition) is 3. The number of benzene rings is 1. The Balaban J connectivity index is 1.95. The quantitative estimate of drug-likeness (QED) is 0.774. The van der Waals surface area contributed by atoms with E-state index >= 15 is 0 Å². The Morgan fingerprint density at radius 3 is 2.55 bits per heavy atom. The first-order valence-corrected chi connectivity index (χ1v) is 7.51. The molecule has 1 aromatic rings. The topological polar surface area (TPSA) is 37.4 Å². The van der Waals surface area contributed by atoms with Crippen molar-refractivity contribution in [3.8, 4) is 0 Å². The molecule has 3 heteroatoms. The number of piperidine rings is 1. The minimum atomic E-state index is 0.110. The molecule has 1 aliphatic heterocycles. The van der Waals surface area contributed by atoms with Gasteiger partial charge in [0.2, 0.25) is 0 Å². The zero-order valence-electron chi connectivity index (χ0n) is 12.4. The van der Waals surface area contributed by atoms with Crippen molar-refractivity contribution in [1.29, 1.82) is 0 Å². The van der Waals surface area contributed by atoms with Crippen LogP contribution in [0.3, 0.4) is 0 Å². The van der Waals surface area contributed by atoms with Crippen molar-refractivity contribution in [2.45, 2.75) is 33.1 Å². The molecule has 1 heterocycles. The lowest BCUT2D eigenvalue weighted by molar-refractivity contribution is -0.126. The molecule has 1 atom stereocenters. The molecule has 2 rings (SSSR count). The minimum absolute atomic E-state index is 0.110. The Morgan fingerprint density at radius 2 is 1.95 bits per heavy atom. The summed E-state index contributed by atoms with van der Waals surface area (Å²) in [5.41, 5.74) is 2.02. The van der Waals surface area contributed by atoms with Crippen molar-refractivity contribution < 1.29 is 9.59 Å². The highest BCUT2D eigenvalue weighted by atomic mass is 16.1. The van der Waals surface area contributed by atoms with E-state index in [2.05, 4.69) is 11.8 Å². The van der Waals surface area contributed by atoms with Gasteiger partial charge in [-0.15, -0.1) is 0 Å². The molecule has 0 radical (unpaired) electrons. The number of ketones is 2. The SMILES string of the molecule is CCc1ccc(C(=O)CN2CCC(=O)C(CC)C2)cc1. The van der Waals surface area contributed by atoms with Gasteiger partial charge < -0.3 is 0 Å². The van der Waals surface area contributed by atoms with Crippen LogP contribution < -0.4 is 0 Å². The standard InChI is InChI=1S/C17H23NO2/c1-3-13-5-7-15(8-6-13)17(20)12-18-10-9-16(19)14(4-2)11-18/h5-8,14H,3-4,9-12H2,1-2H3. The molecule has 0 amide bonds. The molecule has 0 saturated carbocycles. The fourth-order valence-corrected chi connectivity index (χ4v) is 2.70. The van der Waals surface area contributed by atoms with Gasteiger partial charge in [0.05, 0.1) is 6.54 Å².